The maximum absolute atomic E-state index is 4.51. The lowest BCUT2D eigenvalue weighted by Gasteiger charge is -2.20. The molecule has 0 aliphatic carbocycles. The summed E-state index contributed by atoms with van der Waals surface area (Å²) in [6.07, 6.45) is 3.88. The van der Waals surface area contributed by atoms with Crippen LogP contribution in [0.25, 0.3) is 93.6 Å². The second kappa shape index (κ2) is 10.8. The van der Waals surface area contributed by atoms with Crippen molar-refractivity contribution in [3.8, 4) is 28.2 Å². The molecule has 0 aliphatic rings. The number of para-hydroxylation sites is 6. The number of nitrogens with zero attached hydrogens (tertiary/aromatic N) is 4. The quantitative estimate of drug-likeness (QED) is 0.186. The monoisotopic (exact) mass is 650 g/mol. The van der Waals surface area contributed by atoms with Gasteiger partial charge >= 0.3 is 0 Å². The van der Waals surface area contributed by atoms with E-state index in [9.17, 15) is 0 Å². The standard InChI is InChI=1S/C47H30N4/c1-7-19-40-32(13-1)33-14-2-8-20-41(33)49(40)31-25-26-38(47(29-31)51-43-22-10-3-15-34(43)35-16-4-11-23-44(35)51)36-17-5-9-21-42(36)50-45-24-12-6-18-37(45)39-30-48-28-27-46(39)50/h1-30H. The molecule has 0 saturated heterocycles. The first kappa shape index (κ1) is 28.0. The van der Waals surface area contributed by atoms with E-state index in [0.717, 1.165) is 44.6 Å². The fraction of sp³-hybridized carbons (Fsp3) is 0. The van der Waals surface area contributed by atoms with Crippen LogP contribution in [-0.4, -0.2) is 18.7 Å². The Hall–Kier alpha value is -6.91. The molecule has 11 rings (SSSR count). The normalized spacial score (nSPS) is 11.9. The smallest absolute Gasteiger partial charge is 0.0572 e. The van der Waals surface area contributed by atoms with Gasteiger partial charge in [-0.2, -0.15) is 0 Å². The van der Waals surface area contributed by atoms with Gasteiger partial charge in [0.05, 0.1) is 44.5 Å². The van der Waals surface area contributed by atoms with Gasteiger partial charge < -0.3 is 13.7 Å². The van der Waals surface area contributed by atoms with Crippen molar-refractivity contribution < 1.29 is 0 Å². The molecule has 0 radical (unpaired) electrons. The van der Waals surface area contributed by atoms with Crippen LogP contribution in [0.15, 0.2) is 182 Å². The predicted octanol–water partition coefficient (Wildman–Crippen LogP) is 12.0. The number of fused-ring (bicyclic) bond motifs is 9. The van der Waals surface area contributed by atoms with Crippen molar-refractivity contribution in [3.05, 3.63) is 182 Å². The van der Waals surface area contributed by atoms with E-state index >= 15 is 0 Å². The number of rotatable bonds is 4. The van der Waals surface area contributed by atoms with Gasteiger partial charge in [0.25, 0.3) is 0 Å². The molecule has 0 unspecified atom stereocenters. The van der Waals surface area contributed by atoms with Crippen LogP contribution in [0.2, 0.25) is 0 Å². The van der Waals surface area contributed by atoms with Gasteiger partial charge in [0, 0.05) is 61.5 Å². The van der Waals surface area contributed by atoms with Crippen molar-refractivity contribution >= 4 is 65.4 Å². The molecule has 4 heteroatoms. The number of benzene rings is 7. The molecule has 0 aliphatic heterocycles. The van der Waals surface area contributed by atoms with Crippen LogP contribution >= 0.6 is 0 Å². The maximum Gasteiger partial charge on any atom is 0.0572 e. The summed E-state index contributed by atoms with van der Waals surface area (Å²) in [6, 6.07) is 61.6. The lowest BCUT2D eigenvalue weighted by Crippen LogP contribution is -2.03. The molecule has 0 atom stereocenters. The van der Waals surface area contributed by atoms with E-state index in [1.807, 2.05) is 12.4 Å². The Kier molecular flexibility index (Phi) is 5.92. The van der Waals surface area contributed by atoms with E-state index < -0.39 is 0 Å². The average molecular weight is 651 g/mol. The Labute approximate surface area is 293 Å². The molecular formula is C47H30N4. The molecule has 11 aromatic rings. The third-order valence-electron chi connectivity index (χ3n) is 10.5. The highest BCUT2D eigenvalue weighted by Gasteiger charge is 2.21. The molecule has 7 aromatic carbocycles. The van der Waals surface area contributed by atoms with Gasteiger partial charge in [-0.15, -0.1) is 0 Å². The van der Waals surface area contributed by atoms with Gasteiger partial charge in [0.2, 0.25) is 0 Å². The first-order valence-electron chi connectivity index (χ1n) is 17.4. The second-order valence-electron chi connectivity index (χ2n) is 13.2. The second-order valence-corrected chi connectivity index (χ2v) is 13.2. The summed E-state index contributed by atoms with van der Waals surface area (Å²) < 4.78 is 7.28. The SMILES string of the molecule is c1ccc(-n2c3ccccc3c3cnccc32)c(-c2ccc(-n3c4ccccc4c4ccccc43)cc2-n2c3ccccc3c3ccccc32)c1. The largest absolute Gasteiger partial charge is 0.309 e. The van der Waals surface area contributed by atoms with Crippen LogP contribution < -0.4 is 0 Å². The van der Waals surface area contributed by atoms with Gasteiger partial charge in [0.1, 0.15) is 0 Å². The summed E-state index contributed by atoms with van der Waals surface area (Å²) in [4.78, 5) is 4.51. The van der Waals surface area contributed by atoms with Gasteiger partial charge in [-0.25, -0.2) is 0 Å². The molecule has 51 heavy (non-hydrogen) atoms. The van der Waals surface area contributed by atoms with Crippen LogP contribution in [-0.2, 0) is 0 Å². The van der Waals surface area contributed by atoms with Crippen LogP contribution in [0.5, 0.6) is 0 Å². The minimum absolute atomic E-state index is 1.12. The van der Waals surface area contributed by atoms with E-state index in [4.69, 9.17) is 0 Å². The molecule has 4 heterocycles. The van der Waals surface area contributed by atoms with Crippen molar-refractivity contribution in [2.24, 2.45) is 0 Å². The number of hydrogen-bond acceptors (Lipinski definition) is 1. The molecule has 0 saturated carbocycles. The van der Waals surface area contributed by atoms with Crippen molar-refractivity contribution in [1.29, 1.82) is 0 Å². The lowest BCUT2D eigenvalue weighted by molar-refractivity contribution is 1.13. The zero-order chi connectivity index (χ0) is 33.5. The van der Waals surface area contributed by atoms with Crippen molar-refractivity contribution in [2.75, 3.05) is 0 Å². The minimum Gasteiger partial charge on any atom is -0.309 e. The highest BCUT2D eigenvalue weighted by atomic mass is 15.0. The van der Waals surface area contributed by atoms with Crippen molar-refractivity contribution in [2.45, 2.75) is 0 Å². The zero-order valence-corrected chi connectivity index (χ0v) is 27.6. The molecular weight excluding hydrogens is 621 g/mol. The Bertz CT molecular complexity index is 2990. The van der Waals surface area contributed by atoms with Gasteiger partial charge in [-0.3, -0.25) is 4.98 Å². The van der Waals surface area contributed by atoms with Crippen molar-refractivity contribution in [3.63, 3.8) is 0 Å². The summed E-state index contributed by atoms with van der Waals surface area (Å²) in [5, 5.41) is 7.32. The van der Waals surface area contributed by atoms with Crippen LogP contribution in [0, 0.1) is 0 Å². The van der Waals surface area contributed by atoms with E-state index in [-0.39, 0.29) is 0 Å². The fourth-order valence-electron chi connectivity index (χ4n) is 8.43. The summed E-state index contributed by atoms with van der Waals surface area (Å²) in [6.45, 7) is 0. The molecule has 0 amide bonds. The molecule has 0 N–H and O–H groups in total. The molecule has 0 spiro atoms. The summed E-state index contributed by atoms with van der Waals surface area (Å²) in [7, 11) is 0. The molecule has 0 fully saturated rings. The Morgan fingerprint density at radius 3 is 1.29 bits per heavy atom. The number of aromatic nitrogens is 4. The van der Waals surface area contributed by atoms with Crippen LogP contribution in [0.3, 0.4) is 0 Å². The van der Waals surface area contributed by atoms with Crippen LogP contribution in [0.1, 0.15) is 0 Å². The average Bonchev–Trinajstić information content (AvgIpc) is 3.84. The highest BCUT2D eigenvalue weighted by molar-refractivity contribution is 6.12. The maximum atomic E-state index is 4.51. The Balaban J connectivity index is 1.27. The molecule has 4 nitrogen and oxygen atoms in total. The number of pyridine rings is 1. The van der Waals surface area contributed by atoms with E-state index in [2.05, 4.69) is 189 Å². The van der Waals surface area contributed by atoms with Gasteiger partial charge in [-0.1, -0.05) is 115 Å². The van der Waals surface area contributed by atoms with E-state index in [1.54, 1.807) is 0 Å². The first-order chi connectivity index (χ1) is 25.3. The van der Waals surface area contributed by atoms with Gasteiger partial charge in [-0.05, 0) is 54.6 Å². The predicted molar refractivity (Wildman–Crippen MR) is 213 cm³/mol. The minimum atomic E-state index is 1.12. The summed E-state index contributed by atoms with van der Waals surface area (Å²) >= 11 is 0. The van der Waals surface area contributed by atoms with E-state index in [0.29, 0.717) is 0 Å². The first-order valence-corrected chi connectivity index (χ1v) is 17.4. The molecule has 4 aromatic heterocycles. The molecule has 0 bridgehead atoms. The topological polar surface area (TPSA) is 27.7 Å². The third kappa shape index (κ3) is 3.99. The molecule has 238 valence electrons. The fourth-order valence-corrected chi connectivity index (χ4v) is 8.43. The Morgan fingerprint density at radius 2 is 0.725 bits per heavy atom. The van der Waals surface area contributed by atoms with Crippen molar-refractivity contribution in [1.82, 2.24) is 18.7 Å². The summed E-state index contributed by atoms with van der Waals surface area (Å²) in [5.74, 6) is 0. The summed E-state index contributed by atoms with van der Waals surface area (Å²) in [5.41, 5.74) is 12.7. The van der Waals surface area contributed by atoms with E-state index in [1.165, 1.54) is 49.0 Å². The highest BCUT2D eigenvalue weighted by Crippen LogP contribution is 2.42. The third-order valence-corrected chi connectivity index (χ3v) is 10.5. The van der Waals surface area contributed by atoms with Crippen LogP contribution in [0.4, 0.5) is 0 Å². The lowest BCUT2D eigenvalue weighted by atomic mass is 10.00. The van der Waals surface area contributed by atoms with Gasteiger partial charge in [0.15, 0.2) is 0 Å². The Morgan fingerprint density at radius 1 is 0.314 bits per heavy atom. The zero-order valence-electron chi connectivity index (χ0n) is 27.6. The number of hydrogen-bond donors (Lipinski definition) is 0.